The number of likely N-dealkylation sites (N-methyl/N-ethyl adjacent to an activating group) is 1. The Morgan fingerprint density at radius 2 is 0.841 bits per heavy atom. The molecule has 0 aliphatic heterocycles. The Balaban J connectivity index is 3.86. The van der Waals surface area contributed by atoms with Gasteiger partial charge in [-0.2, -0.15) is 0 Å². The molecule has 3 N–H and O–H groups in total. The van der Waals surface area contributed by atoms with Crippen LogP contribution in [0.2, 0.25) is 0 Å². The van der Waals surface area contributed by atoms with Crippen LogP contribution in [-0.2, 0) is 18.4 Å². The van der Waals surface area contributed by atoms with Crippen molar-refractivity contribution in [1.82, 2.24) is 5.32 Å². The number of nitrogens with one attached hydrogen (secondary N) is 1. The Kier molecular flexibility index (Phi) is 50.2. The van der Waals surface area contributed by atoms with Crippen molar-refractivity contribution < 1.29 is 32.9 Å². The number of phosphoric ester groups is 1. The maximum Gasteiger partial charge on any atom is 0.472 e. The Morgan fingerprint density at radius 1 is 0.493 bits per heavy atom. The van der Waals surface area contributed by atoms with E-state index in [0.29, 0.717) is 17.4 Å². The van der Waals surface area contributed by atoms with E-state index < -0.39 is 20.0 Å². The number of carbonyl (C=O) groups excluding carboxylic acids is 1. The van der Waals surface area contributed by atoms with Gasteiger partial charge in [0.15, 0.2) is 0 Å². The molecule has 8 nitrogen and oxygen atoms in total. The highest BCUT2D eigenvalue weighted by molar-refractivity contribution is 7.47. The Bertz CT molecular complexity index is 1260. The van der Waals surface area contributed by atoms with Crippen LogP contribution in [0.15, 0.2) is 48.6 Å². The molecule has 0 saturated carbocycles. The van der Waals surface area contributed by atoms with Crippen LogP contribution in [0.3, 0.4) is 0 Å². The van der Waals surface area contributed by atoms with Crippen molar-refractivity contribution in [2.45, 2.75) is 289 Å². The lowest BCUT2D eigenvalue weighted by atomic mass is 10.0. The van der Waals surface area contributed by atoms with Gasteiger partial charge in [-0.25, -0.2) is 4.57 Å². The van der Waals surface area contributed by atoms with Crippen LogP contribution in [-0.4, -0.2) is 73.4 Å². The average molecular weight is 993 g/mol. The number of nitrogens with zero attached hydrogens (tertiary/aromatic N) is 1. The molecule has 1 amide bonds. The van der Waals surface area contributed by atoms with Crippen LogP contribution < -0.4 is 5.32 Å². The summed E-state index contributed by atoms with van der Waals surface area (Å²) in [4.78, 5) is 23.2. The van der Waals surface area contributed by atoms with Gasteiger partial charge in [0.2, 0.25) is 5.91 Å². The second kappa shape index (κ2) is 51.4. The monoisotopic (exact) mass is 992 g/mol. The first-order valence-corrected chi connectivity index (χ1v) is 31.0. The molecule has 0 aliphatic carbocycles. The fourth-order valence-corrected chi connectivity index (χ4v) is 9.36. The third kappa shape index (κ3) is 54.1. The van der Waals surface area contributed by atoms with Crippen LogP contribution in [0.25, 0.3) is 0 Å². The van der Waals surface area contributed by atoms with Crippen LogP contribution in [0.5, 0.6) is 0 Å². The molecule has 9 heteroatoms. The second-order valence-corrected chi connectivity index (χ2v) is 22.8. The normalized spacial score (nSPS) is 14.2. The summed E-state index contributed by atoms with van der Waals surface area (Å²) in [5, 5.41) is 13.8. The number of quaternary nitrogens is 1. The van der Waals surface area contributed by atoms with Crippen molar-refractivity contribution in [3.8, 4) is 0 Å². The van der Waals surface area contributed by atoms with Gasteiger partial charge in [0, 0.05) is 6.42 Å². The Morgan fingerprint density at radius 3 is 1.26 bits per heavy atom. The van der Waals surface area contributed by atoms with E-state index in [4.69, 9.17) is 9.05 Å². The van der Waals surface area contributed by atoms with E-state index in [-0.39, 0.29) is 19.1 Å². The van der Waals surface area contributed by atoms with Gasteiger partial charge in [-0.15, -0.1) is 0 Å². The van der Waals surface area contributed by atoms with E-state index in [0.717, 1.165) is 44.9 Å². The van der Waals surface area contributed by atoms with Gasteiger partial charge < -0.3 is 19.8 Å². The molecule has 0 bridgehead atoms. The molecule has 0 aliphatic rings. The average Bonchev–Trinajstić information content (AvgIpc) is 3.31. The minimum atomic E-state index is -4.34. The molecule has 406 valence electrons. The first-order valence-electron chi connectivity index (χ1n) is 29.5. The molecule has 0 aromatic carbocycles. The minimum absolute atomic E-state index is 0.0568. The first-order chi connectivity index (χ1) is 33.5. The third-order valence-corrected chi connectivity index (χ3v) is 14.3. The quantitative estimate of drug-likeness (QED) is 0.0243. The molecule has 69 heavy (non-hydrogen) atoms. The number of amides is 1. The topological polar surface area (TPSA) is 105 Å². The molecule has 0 saturated heterocycles. The number of hydrogen-bond donors (Lipinski definition) is 3. The van der Waals surface area contributed by atoms with Crippen molar-refractivity contribution in [2.75, 3.05) is 40.9 Å². The van der Waals surface area contributed by atoms with Gasteiger partial charge in [0.25, 0.3) is 0 Å². The van der Waals surface area contributed by atoms with Crippen molar-refractivity contribution in [3.05, 3.63) is 48.6 Å². The van der Waals surface area contributed by atoms with E-state index >= 15 is 0 Å². The lowest BCUT2D eigenvalue weighted by Crippen LogP contribution is -2.45. The smallest absolute Gasteiger partial charge is 0.387 e. The van der Waals surface area contributed by atoms with Crippen molar-refractivity contribution in [1.29, 1.82) is 0 Å². The molecule has 0 heterocycles. The highest BCUT2D eigenvalue weighted by Crippen LogP contribution is 2.43. The van der Waals surface area contributed by atoms with Gasteiger partial charge in [-0.05, 0) is 64.2 Å². The van der Waals surface area contributed by atoms with Crippen molar-refractivity contribution in [2.24, 2.45) is 0 Å². The zero-order chi connectivity index (χ0) is 50.6. The fourth-order valence-electron chi connectivity index (χ4n) is 8.62. The van der Waals surface area contributed by atoms with E-state index in [1.54, 1.807) is 6.08 Å². The van der Waals surface area contributed by atoms with Crippen molar-refractivity contribution >= 4 is 13.7 Å². The fraction of sp³-hybridized carbons (Fsp3) is 0.850. The number of phosphoric acid groups is 1. The summed E-state index contributed by atoms with van der Waals surface area (Å²) in [6.45, 7) is 4.76. The maximum absolute atomic E-state index is 12.9. The molecule has 0 radical (unpaired) electrons. The maximum atomic E-state index is 12.9. The summed E-state index contributed by atoms with van der Waals surface area (Å²) >= 11 is 0. The number of carbonyl (C=O) groups is 1. The lowest BCUT2D eigenvalue weighted by molar-refractivity contribution is -0.870. The number of aliphatic hydroxyl groups is 1. The van der Waals surface area contributed by atoms with Crippen LogP contribution >= 0.6 is 7.82 Å². The summed E-state index contributed by atoms with van der Waals surface area (Å²) in [6.07, 6.45) is 68.3. The summed E-state index contributed by atoms with van der Waals surface area (Å²) in [5.74, 6) is -0.185. The molecule has 0 spiro atoms. The highest BCUT2D eigenvalue weighted by atomic mass is 31.2. The number of rotatable bonds is 54. The van der Waals surface area contributed by atoms with Gasteiger partial charge in [0.1, 0.15) is 13.2 Å². The van der Waals surface area contributed by atoms with Gasteiger partial charge in [-0.3, -0.25) is 13.8 Å². The predicted molar refractivity (Wildman–Crippen MR) is 300 cm³/mol. The summed E-state index contributed by atoms with van der Waals surface area (Å²) < 4.78 is 23.6. The molecular weight excluding hydrogens is 876 g/mol. The number of unbranched alkanes of at least 4 members (excludes halogenated alkanes) is 35. The summed E-state index contributed by atoms with van der Waals surface area (Å²) in [6, 6.07) is -0.860. The first kappa shape index (κ1) is 67.5. The predicted octanol–water partition coefficient (Wildman–Crippen LogP) is 17.9. The van der Waals surface area contributed by atoms with Gasteiger partial charge in [-0.1, -0.05) is 255 Å². The van der Waals surface area contributed by atoms with E-state index in [9.17, 15) is 19.4 Å². The molecular formula is C60H116N2O6P+. The molecule has 0 aromatic heterocycles. The number of aliphatic hydroxyl groups excluding tert-OH is 1. The van der Waals surface area contributed by atoms with E-state index in [2.05, 4.69) is 55.6 Å². The largest absolute Gasteiger partial charge is 0.472 e. The molecule has 3 atom stereocenters. The van der Waals surface area contributed by atoms with Gasteiger partial charge >= 0.3 is 7.82 Å². The SMILES string of the molecule is CCCCCC/C=C/CC/C=C/C(O)C(COP(=O)(O)OCC[N+](C)(C)C)NC(=O)CCCCCCCCCCCCCCCCCCCCCCCCCCC/C=C\C/C=C\CCCCCCC. The zero-order valence-electron chi connectivity index (χ0n) is 46.3. The molecule has 0 rings (SSSR count). The van der Waals surface area contributed by atoms with Crippen LogP contribution in [0.1, 0.15) is 277 Å². The second-order valence-electron chi connectivity index (χ2n) is 21.4. The standard InChI is InChI=1S/C60H115N2O6P/c1-6-8-10-12-14-16-18-19-20-21-22-23-24-25-26-27-28-29-30-31-32-33-34-35-36-37-38-39-40-41-42-43-44-46-48-50-52-54-60(64)61-58(57-68-69(65,66)67-56-55-62(3,4)5)59(63)53-51-49-47-45-17-15-13-11-9-7-2/h17-19,21-22,45,51,53,58-59,63H,6-16,20,23-44,46-50,52,54-57H2,1-5H3,(H-,61,64,65,66)/p+1/b19-18-,22-21-,45-17+,53-51+. The van der Waals surface area contributed by atoms with Crippen LogP contribution in [0, 0.1) is 0 Å². The Hall–Kier alpha value is -1.54. The lowest BCUT2D eigenvalue weighted by Gasteiger charge is -2.25. The molecule has 0 fully saturated rings. The highest BCUT2D eigenvalue weighted by Gasteiger charge is 2.27. The zero-order valence-corrected chi connectivity index (χ0v) is 47.2. The van der Waals surface area contributed by atoms with Gasteiger partial charge in [0.05, 0.1) is 39.9 Å². The number of allylic oxidation sites excluding steroid dienone is 7. The molecule has 3 unspecified atom stereocenters. The summed E-state index contributed by atoms with van der Waals surface area (Å²) in [5.41, 5.74) is 0. The minimum Gasteiger partial charge on any atom is -0.387 e. The number of hydrogen-bond acceptors (Lipinski definition) is 5. The van der Waals surface area contributed by atoms with E-state index in [1.807, 2.05) is 27.2 Å². The summed E-state index contributed by atoms with van der Waals surface area (Å²) in [7, 11) is 1.56. The van der Waals surface area contributed by atoms with Crippen LogP contribution in [0.4, 0.5) is 0 Å². The van der Waals surface area contributed by atoms with E-state index in [1.165, 1.54) is 212 Å². The molecule has 0 aromatic rings. The van der Waals surface area contributed by atoms with Crippen molar-refractivity contribution in [3.63, 3.8) is 0 Å². The Labute approximate surface area is 429 Å². The third-order valence-electron chi connectivity index (χ3n) is 13.3.